The highest BCUT2D eigenvalue weighted by Crippen LogP contribution is 2.25. The maximum atomic E-state index is 12.8. The van der Waals surface area contributed by atoms with E-state index in [9.17, 15) is 8.42 Å². The Bertz CT molecular complexity index is 584. The van der Waals surface area contributed by atoms with E-state index in [1.165, 1.54) is 0 Å². The smallest absolute Gasteiger partial charge is 0.216 e. The monoisotopic (exact) mass is 342 g/mol. The Morgan fingerprint density at radius 1 is 1.39 bits per heavy atom. The van der Waals surface area contributed by atoms with Crippen LogP contribution in [0.4, 0.5) is 0 Å². The van der Waals surface area contributed by atoms with Crippen LogP contribution in [-0.4, -0.2) is 72.2 Å². The van der Waals surface area contributed by atoms with Crippen molar-refractivity contribution in [3.63, 3.8) is 0 Å². The SMILES string of the molecule is CCN1CCN(S(=O)(=O)C[C@H]2CCCCO2)C[C@H]1c1ncc[nH]1. The molecule has 2 aliphatic rings. The molecule has 3 rings (SSSR count). The number of rotatable bonds is 5. The molecule has 130 valence electrons. The fraction of sp³-hybridized carbons (Fsp3) is 0.800. The fourth-order valence-electron chi connectivity index (χ4n) is 3.42. The molecule has 0 saturated carbocycles. The number of nitrogens with one attached hydrogen (secondary N) is 1. The summed E-state index contributed by atoms with van der Waals surface area (Å²) < 4.78 is 32.7. The molecule has 0 bridgehead atoms. The van der Waals surface area contributed by atoms with Crippen LogP contribution in [0.2, 0.25) is 0 Å². The van der Waals surface area contributed by atoms with Crippen molar-refractivity contribution in [2.75, 3.05) is 38.5 Å². The van der Waals surface area contributed by atoms with Crippen molar-refractivity contribution in [1.29, 1.82) is 0 Å². The van der Waals surface area contributed by atoms with Gasteiger partial charge in [0.2, 0.25) is 10.0 Å². The second-order valence-corrected chi connectivity index (χ2v) is 8.26. The number of imidazole rings is 1. The average molecular weight is 342 g/mol. The Kier molecular flexibility index (Phi) is 5.35. The van der Waals surface area contributed by atoms with E-state index in [0.29, 0.717) is 19.7 Å². The number of piperazine rings is 1. The van der Waals surface area contributed by atoms with E-state index < -0.39 is 10.0 Å². The van der Waals surface area contributed by atoms with E-state index in [4.69, 9.17) is 4.74 Å². The summed E-state index contributed by atoms with van der Waals surface area (Å²) in [7, 11) is -3.30. The maximum absolute atomic E-state index is 12.8. The van der Waals surface area contributed by atoms with Gasteiger partial charge in [0.1, 0.15) is 5.82 Å². The first kappa shape index (κ1) is 16.9. The molecule has 2 atom stereocenters. The summed E-state index contributed by atoms with van der Waals surface area (Å²) in [6.45, 7) is 5.38. The minimum Gasteiger partial charge on any atom is -0.377 e. The number of hydrogen-bond donors (Lipinski definition) is 1. The van der Waals surface area contributed by atoms with E-state index in [1.807, 2.05) is 0 Å². The van der Waals surface area contributed by atoms with Gasteiger partial charge in [-0.05, 0) is 25.8 Å². The van der Waals surface area contributed by atoms with Crippen molar-refractivity contribution in [2.24, 2.45) is 0 Å². The van der Waals surface area contributed by atoms with Crippen LogP contribution in [-0.2, 0) is 14.8 Å². The molecule has 8 heteroatoms. The van der Waals surface area contributed by atoms with E-state index in [-0.39, 0.29) is 17.9 Å². The second kappa shape index (κ2) is 7.29. The lowest BCUT2D eigenvalue weighted by Gasteiger charge is -2.39. The first-order valence-corrected chi connectivity index (χ1v) is 10.0. The van der Waals surface area contributed by atoms with Gasteiger partial charge in [-0.25, -0.2) is 13.4 Å². The molecule has 1 N–H and O–H groups in total. The molecule has 2 fully saturated rings. The van der Waals surface area contributed by atoms with Crippen LogP contribution in [0.15, 0.2) is 12.4 Å². The van der Waals surface area contributed by atoms with Crippen molar-refractivity contribution in [3.8, 4) is 0 Å². The van der Waals surface area contributed by atoms with Gasteiger partial charge < -0.3 is 9.72 Å². The number of H-pyrrole nitrogens is 1. The summed E-state index contributed by atoms with van der Waals surface area (Å²) in [5.74, 6) is 0.935. The largest absolute Gasteiger partial charge is 0.377 e. The lowest BCUT2D eigenvalue weighted by molar-refractivity contribution is 0.0292. The number of aromatic nitrogens is 2. The molecule has 0 unspecified atom stereocenters. The van der Waals surface area contributed by atoms with Gasteiger partial charge in [0.25, 0.3) is 0 Å². The van der Waals surface area contributed by atoms with Gasteiger partial charge in [-0.15, -0.1) is 0 Å². The molecular formula is C15H26N4O3S. The van der Waals surface area contributed by atoms with Crippen LogP contribution >= 0.6 is 0 Å². The normalized spacial score (nSPS) is 28.0. The highest BCUT2D eigenvalue weighted by Gasteiger charge is 2.36. The fourth-order valence-corrected chi connectivity index (χ4v) is 5.10. The van der Waals surface area contributed by atoms with Crippen LogP contribution in [0, 0.1) is 0 Å². The average Bonchev–Trinajstić information content (AvgIpc) is 3.09. The van der Waals surface area contributed by atoms with Crippen molar-refractivity contribution < 1.29 is 13.2 Å². The Morgan fingerprint density at radius 3 is 2.91 bits per heavy atom. The molecule has 1 aromatic rings. The first-order valence-electron chi connectivity index (χ1n) is 8.43. The maximum Gasteiger partial charge on any atom is 0.216 e. The zero-order chi connectivity index (χ0) is 16.3. The molecule has 3 heterocycles. The summed E-state index contributed by atoms with van der Waals surface area (Å²) in [5.41, 5.74) is 0. The number of sulfonamides is 1. The molecule has 0 amide bonds. The van der Waals surface area contributed by atoms with Gasteiger partial charge in [-0.2, -0.15) is 4.31 Å². The first-order chi connectivity index (χ1) is 11.1. The number of aromatic amines is 1. The lowest BCUT2D eigenvalue weighted by Crippen LogP contribution is -2.52. The topological polar surface area (TPSA) is 78.5 Å². The molecule has 2 saturated heterocycles. The minimum atomic E-state index is -3.30. The Morgan fingerprint density at radius 2 is 2.26 bits per heavy atom. The number of hydrogen-bond acceptors (Lipinski definition) is 5. The van der Waals surface area contributed by atoms with Crippen molar-refractivity contribution in [1.82, 2.24) is 19.2 Å². The third-order valence-electron chi connectivity index (χ3n) is 4.76. The number of ether oxygens (including phenoxy) is 1. The molecule has 2 aliphatic heterocycles. The van der Waals surface area contributed by atoms with Crippen LogP contribution in [0.5, 0.6) is 0 Å². The molecule has 23 heavy (non-hydrogen) atoms. The second-order valence-electron chi connectivity index (χ2n) is 6.24. The number of likely N-dealkylation sites (N-methyl/N-ethyl adjacent to an activating group) is 1. The highest BCUT2D eigenvalue weighted by molar-refractivity contribution is 7.89. The third kappa shape index (κ3) is 3.93. The van der Waals surface area contributed by atoms with Gasteiger partial charge in [0.05, 0.1) is 17.9 Å². The summed E-state index contributed by atoms with van der Waals surface area (Å²) in [6.07, 6.45) is 6.28. The van der Waals surface area contributed by atoms with Crippen molar-refractivity contribution in [2.45, 2.75) is 38.3 Å². The lowest BCUT2D eigenvalue weighted by atomic mass is 10.1. The highest BCUT2D eigenvalue weighted by atomic mass is 32.2. The van der Waals surface area contributed by atoms with E-state index in [2.05, 4.69) is 21.8 Å². The van der Waals surface area contributed by atoms with Gasteiger partial charge in [0, 0.05) is 38.6 Å². The molecule has 0 spiro atoms. The predicted octanol–water partition coefficient (Wildman–Crippen LogP) is 0.987. The van der Waals surface area contributed by atoms with Crippen molar-refractivity contribution >= 4 is 10.0 Å². The Hall–Kier alpha value is -0.960. The molecule has 0 aromatic carbocycles. The summed E-state index contributed by atoms with van der Waals surface area (Å²) in [5, 5.41) is 0. The summed E-state index contributed by atoms with van der Waals surface area (Å²) in [6, 6.07) is -0.00852. The number of nitrogens with zero attached hydrogens (tertiary/aromatic N) is 3. The molecule has 0 radical (unpaired) electrons. The van der Waals surface area contributed by atoms with E-state index >= 15 is 0 Å². The van der Waals surface area contributed by atoms with E-state index in [0.717, 1.165) is 38.2 Å². The quantitative estimate of drug-likeness (QED) is 0.863. The van der Waals surface area contributed by atoms with Gasteiger partial charge >= 0.3 is 0 Å². The van der Waals surface area contributed by atoms with Crippen LogP contribution < -0.4 is 0 Å². The van der Waals surface area contributed by atoms with Crippen molar-refractivity contribution in [3.05, 3.63) is 18.2 Å². The van der Waals surface area contributed by atoms with Crippen LogP contribution in [0.1, 0.15) is 38.1 Å². The van der Waals surface area contributed by atoms with Gasteiger partial charge in [-0.3, -0.25) is 4.90 Å². The predicted molar refractivity (Wildman–Crippen MR) is 87.5 cm³/mol. The molecule has 0 aliphatic carbocycles. The zero-order valence-electron chi connectivity index (χ0n) is 13.6. The van der Waals surface area contributed by atoms with Crippen LogP contribution in [0.3, 0.4) is 0 Å². The Balaban J connectivity index is 1.69. The molecular weight excluding hydrogens is 316 g/mol. The molecule has 7 nitrogen and oxygen atoms in total. The summed E-state index contributed by atoms with van der Waals surface area (Å²) in [4.78, 5) is 9.72. The molecule has 1 aromatic heterocycles. The standard InChI is InChI=1S/C15H26N4O3S/c1-2-18-8-9-19(11-14(18)15-16-6-7-17-15)23(20,21)12-13-5-3-4-10-22-13/h6-7,13-14H,2-5,8-12H2,1H3,(H,16,17)/t13-,14+/m1/s1. The third-order valence-corrected chi connectivity index (χ3v) is 6.67. The summed E-state index contributed by atoms with van der Waals surface area (Å²) >= 11 is 0. The Labute approximate surface area is 138 Å². The van der Waals surface area contributed by atoms with E-state index in [1.54, 1.807) is 16.7 Å². The zero-order valence-corrected chi connectivity index (χ0v) is 14.5. The van der Waals surface area contributed by atoms with Gasteiger partial charge in [0.15, 0.2) is 0 Å². The minimum absolute atomic E-state index is 0.00852. The van der Waals surface area contributed by atoms with Crippen LogP contribution in [0.25, 0.3) is 0 Å². The van der Waals surface area contributed by atoms with Gasteiger partial charge in [-0.1, -0.05) is 6.92 Å².